The van der Waals surface area contributed by atoms with Gasteiger partial charge in [0.15, 0.2) is 15.6 Å². The zero-order chi connectivity index (χ0) is 17.0. The van der Waals surface area contributed by atoms with Crippen LogP contribution in [0.4, 0.5) is 0 Å². The molecule has 0 bridgehead atoms. The van der Waals surface area contributed by atoms with E-state index >= 15 is 0 Å². The zero-order valence-electron chi connectivity index (χ0n) is 12.6. The number of furan rings is 1. The normalized spacial score (nSPS) is 12.7. The van der Waals surface area contributed by atoms with Crippen molar-refractivity contribution in [1.82, 2.24) is 5.32 Å². The molecule has 5 nitrogen and oxygen atoms in total. The largest absolute Gasteiger partial charge is 0.459 e. The van der Waals surface area contributed by atoms with Crippen molar-refractivity contribution >= 4 is 27.1 Å². The molecule has 7 heteroatoms. The molecule has 2 heterocycles. The number of nitrogens with one attached hydrogen (secondary N) is 1. The van der Waals surface area contributed by atoms with Crippen LogP contribution in [0, 0.1) is 0 Å². The lowest BCUT2D eigenvalue weighted by molar-refractivity contribution is 0.0926. The predicted molar refractivity (Wildman–Crippen MR) is 91.7 cm³/mol. The first kappa shape index (κ1) is 16.5. The second-order valence-electron chi connectivity index (χ2n) is 5.05. The van der Waals surface area contributed by atoms with Gasteiger partial charge in [-0.2, -0.15) is 0 Å². The number of carbonyl (C=O) groups excluding carboxylic acids is 1. The van der Waals surface area contributed by atoms with Crippen LogP contribution < -0.4 is 5.32 Å². The minimum atomic E-state index is -3.62. The molecule has 0 aliphatic heterocycles. The Bertz CT molecular complexity index is 885. The van der Waals surface area contributed by atoms with Crippen LogP contribution in [0.3, 0.4) is 0 Å². The van der Waals surface area contributed by atoms with Gasteiger partial charge in [-0.15, -0.1) is 11.3 Å². The third-order valence-corrected chi connectivity index (χ3v) is 6.73. The summed E-state index contributed by atoms with van der Waals surface area (Å²) in [4.78, 5) is 13.0. The molecule has 124 valence electrons. The molecule has 1 N–H and O–H groups in total. The molecule has 1 aromatic carbocycles. The summed E-state index contributed by atoms with van der Waals surface area (Å²) in [5.41, 5.74) is 0. The minimum absolute atomic E-state index is 0.0305. The minimum Gasteiger partial charge on any atom is -0.459 e. The maximum atomic E-state index is 13.0. The Morgan fingerprint density at radius 2 is 1.88 bits per heavy atom. The Balaban J connectivity index is 1.86. The third-order valence-electron chi connectivity index (χ3n) is 3.50. The molecule has 0 aliphatic rings. The Hall–Kier alpha value is -2.38. The first-order valence-electron chi connectivity index (χ1n) is 7.23. The fraction of sp³-hybridized carbons (Fsp3) is 0.118. The van der Waals surface area contributed by atoms with E-state index in [1.165, 1.54) is 23.7 Å². The summed E-state index contributed by atoms with van der Waals surface area (Å²) >= 11 is 1.35. The number of hydrogen-bond donors (Lipinski definition) is 1. The predicted octanol–water partition coefficient (Wildman–Crippen LogP) is 3.29. The molecule has 0 saturated carbocycles. The van der Waals surface area contributed by atoms with Crippen LogP contribution in [-0.4, -0.2) is 20.9 Å². The quantitative estimate of drug-likeness (QED) is 0.731. The van der Waals surface area contributed by atoms with Gasteiger partial charge in [-0.25, -0.2) is 8.42 Å². The standard InChI is InChI=1S/C17H15NO4S2/c19-17(14-8-4-10-22-14)18-12-16(15-9-5-11-23-15)24(20,21)13-6-2-1-3-7-13/h1-11,16H,12H2,(H,18,19)/t16-/m0/s1. The van der Waals surface area contributed by atoms with E-state index < -0.39 is 21.0 Å². The molecule has 0 radical (unpaired) electrons. The van der Waals surface area contributed by atoms with Crippen molar-refractivity contribution in [3.63, 3.8) is 0 Å². The Kier molecular flexibility index (Phi) is 4.82. The highest BCUT2D eigenvalue weighted by Crippen LogP contribution is 2.31. The summed E-state index contributed by atoms with van der Waals surface area (Å²) < 4.78 is 31.0. The average molecular weight is 361 g/mol. The number of benzene rings is 1. The first-order chi connectivity index (χ1) is 11.6. The second kappa shape index (κ2) is 7.02. The molecule has 2 aromatic heterocycles. The maximum absolute atomic E-state index is 13.0. The van der Waals surface area contributed by atoms with Crippen LogP contribution in [0.15, 0.2) is 75.6 Å². The smallest absolute Gasteiger partial charge is 0.287 e. The van der Waals surface area contributed by atoms with Gasteiger partial charge in [-0.05, 0) is 35.7 Å². The number of amides is 1. The van der Waals surface area contributed by atoms with Gasteiger partial charge >= 0.3 is 0 Å². The summed E-state index contributed by atoms with van der Waals surface area (Å²) in [6, 6.07) is 14.9. The van der Waals surface area contributed by atoms with Gasteiger partial charge in [0, 0.05) is 11.4 Å². The number of sulfone groups is 1. The highest BCUT2D eigenvalue weighted by molar-refractivity contribution is 7.91. The fourth-order valence-corrected chi connectivity index (χ4v) is 5.10. The molecule has 0 saturated heterocycles. The average Bonchev–Trinajstić information content (AvgIpc) is 3.29. The van der Waals surface area contributed by atoms with Crippen molar-refractivity contribution in [2.24, 2.45) is 0 Å². The summed E-state index contributed by atoms with van der Waals surface area (Å²) in [6.45, 7) is -0.0305. The number of rotatable bonds is 6. The van der Waals surface area contributed by atoms with Gasteiger partial charge in [0.05, 0.1) is 11.2 Å². The van der Waals surface area contributed by atoms with E-state index in [9.17, 15) is 13.2 Å². The molecule has 0 spiro atoms. The summed E-state index contributed by atoms with van der Waals surface area (Å²) in [5, 5.41) is 3.61. The van der Waals surface area contributed by atoms with E-state index in [-0.39, 0.29) is 17.2 Å². The van der Waals surface area contributed by atoms with E-state index in [0.717, 1.165) is 0 Å². The molecule has 0 fully saturated rings. The van der Waals surface area contributed by atoms with Crippen molar-refractivity contribution in [3.05, 3.63) is 76.9 Å². The van der Waals surface area contributed by atoms with Crippen molar-refractivity contribution in [3.8, 4) is 0 Å². The molecule has 24 heavy (non-hydrogen) atoms. The van der Waals surface area contributed by atoms with Gasteiger partial charge in [-0.1, -0.05) is 24.3 Å². The summed E-state index contributed by atoms with van der Waals surface area (Å²) in [5.74, 6) is -0.290. The van der Waals surface area contributed by atoms with Crippen molar-refractivity contribution in [2.45, 2.75) is 10.1 Å². The van der Waals surface area contributed by atoms with Crippen LogP contribution in [-0.2, 0) is 9.84 Å². The first-order valence-corrected chi connectivity index (χ1v) is 9.65. The molecule has 1 atom stereocenters. The molecule has 3 rings (SSSR count). The fourth-order valence-electron chi connectivity index (χ4n) is 2.29. The molecule has 1 amide bonds. The van der Waals surface area contributed by atoms with E-state index in [2.05, 4.69) is 5.32 Å². The lowest BCUT2D eigenvalue weighted by Crippen LogP contribution is -2.31. The molecular formula is C17H15NO4S2. The Morgan fingerprint density at radius 3 is 2.50 bits per heavy atom. The van der Waals surface area contributed by atoms with E-state index in [4.69, 9.17) is 4.42 Å². The van der Waals surface area contributed by atoms with Crippen LogP contribution >= 0.6 is 11.3 Å². The number of thiophene rings is 1. The van der Waals surface area contributed by atoms with E-state index in [1.807, 2.05) is 5.38 Å². The van der Waals surface area contributed by atoms with Crippen molar-refractivity contribution < 1.29 is 17.6 Å². The van der Waals surface area contributed by atoms with Crippen LogP contribution in [0.5, 0.6) is 0 Å². The van der Waals surface area contributed by atoms with Gasteiger partial charge in [0.1, 0.15) is 5.25 Å². The van der Waals surface area contributed by atoms with E-state index in [0.29, 0.717) is 4.88 Å². The topological polar surface area (TPSA) is 76.4 Å². The molecule has 3 aromatic rings. The Morgan fingerprint density at radius 1 is 1.08 bits per heavy atom. The SMILES string of the molecule is O=C(NC[C@@H](c1cccs1)S(=O)(=O)c1ccccc1)c1ccco1. The summed E-state index contributed by atoms with van der Waals surface area (Å²) in [7, 11) is -3.62. The molecular weight excluding hydrogens is 346 g/mol. The highest BCUT2D eigenvalue weighted by atomic mass is 32.2. The van der Waals surface area contributed by atoms with Gasteiger partial charge in [0.25, 0.3) is 5.91 Å². The van der Waals surface area contributed by atoms with Crippen molar-refractivity contribution in [2.75, 3.05) is 6.54 Å². The van der Waals surface area contributed by atoms with Crippen LogP contribution in [0.1, 0.15) is 20.7 Å². The highest BCUT2D eigenvalue weighted by Gasteiger charge is 2.30. The Labute approximate surface area is 143 Å². The zero-order valence-corrected chi connectivity index (χ0v) is 14.2. The third kappa shape index (κ3) is 3.42. The van der Waals surface area contributed by atoms with Gasteiger partial charge in [-0.3, -0.25) is 4.79 Å². The van der Waals surface area contributed by atoms with Crippen molar-refractivity contribution in [1.29, 1.82) is 0 Å². The monoisotopic (exact) mass is 361 g/mol. The van der Waals surface area contributed by atoms with Crippen LogP contribution in [0.2, 0.25) is 0 Å². The van der Waals surface area contributed by atoms with E-state index in [1.54, 1.807) is 48.5 Å². The molecule has 0 unspecified atom stereocenters. The lowest BCUT2D eigenvalue weighted by atomic mass is 10.3. The number of carbonyl (C=O) groups is 1. The molecule has 0 aliphatic carbocycles. The van der Waals surface area contributed by atoms with Gasteiger partial charge < -0.3 is 9.73 Å². The number of hydrogen-bond acceptors (Lipinski definition) is 5. The lowest BCUT2D eigenvalue weighted by Gasteiger charge is -2.17. The van der Waals surface area contributed by atoms with Gasteiger partial charge in [0.2, 0.25) is 0 Å². The maximum Gasteiger partial charge on any atom is 0.287 e. The summed E-state index contributed by atoms with van der Waals surface area (Å²) in [6.07, 6.45) is 1.40. The van der Waals surface area contributed by atoms with Crippen LogP contribution in [0.25, 0.3) is 0 Å². The second-order valence-corrected chi connectivity index (χ2v) is 8.16.